The van der Waals surface area contributed by atoms with Crippen LogP contribution in [0.25, 0.3) is 11.1 Å². The van der Waals surface area contributed by atoms with Gasteiger partial charge in [0.15, 0.2) is 21.3 Å². The predicted octanol–water partition coefficient (Wildman–Crippen LogP) is 3.74. The molecule has 29 heavy (non-hydrogen) atoms. The Kier molecular flexibility index (Phi) is 5.28. The minimum atomic E-state index is -2.90. The Balaban J connectivity index is 0.000000174. The molecule has 2 aromatic rings. The number of sulfone groups is 1. The summed E-state index contributed by atoms with van der Waals surface area (Å²) in [7, 11) is -0.843. The van der Waals surface area contributed by atoms with Crippen LogP contribution in [-0.4, -0.2) is 44.3 Å². The van der Waals surface area contributed by atoms with E-state index in [4.69, 9.17) is 16.0 Å². The fraction of sp³-hybridized carbons (Fsp3) is 0.619. The molecule has 3 fully saturated rings. The number of hydrogen-bond donors (Lipinski definition) is 1. The molecule has 1 N–H and O–H groups in total. The average Bonchev–Trinajstić information content (AvgIpc) is 3.13. The van der Waals surface area contributed by atoms with E-state index in [1.165, 1.54) is 25.7 Å². The zero-order chi connectivity index (χ0) is 20.9. The molecule has 1 saturated heterocycles. The van der Waals surface area contributed by atoms with Gasteiger partial charge in [0.05, 0.1) is 11.5 Å². The Morgan fingerprint density at radius 2 is 2.00 bits per heavy atom. The molecule has 5 rings (SSSR count). The van der Waals surface area contributed by atoms with Crippen LogP contribution in [0.4, 0.5) is 0 Å². The highest BCUT2D eigenvalue weighted by Crippen LogP contribution is 2.61. The van der Waals surface area contributed by atoms with Crippen LogP contribution in [-0.2, 0) is 14.6 Å². The van der Waals surface area contributed by atoms with E-state index < -0.39 is 15.3 Å². The molecule has 2 heterocycles. The molecule has 1 spiro atoms. The Morgan fingerprint density at radius 1 is 1.28 bits per heavy atom. The highest BCUT2D eigenvalue weighted by molar-refractivity contribution is 7.91. The summed E-state index contributed by atoms with van der Waals surface area (Å²) in [5.41, 5.74) is 1.71. The zero-order valence-electron chi connectivity index (χ0n) is 16.8. The van der Waals surface area contributed by atoms with Crippen LogP contribution in [0.15, 0.2) is 22.6 Å². The van der Waals surface area contributed by atoms with Crippen molar-refractivity contribution in [3.63, 3.8) is 0 Å². The monoisotopic (exact) mass is 438 g/mol. The van der Waals surface area contributed by atoms with E-state index in [1.54, 1.807) is 6.92 Å². The lowest BCUT2D eigenvalue weighted by molar-refractivity contribution is -0.114. The van der Waals surface area contributed by atoms with E-state index in [0.717, 1.165) is 29.3 Å². The van der Waals surface area contributed by atoms with Crippen molar-refractivity contribution in [1.29, 1.82) is 0 Å². The summed E-state index contributed by atoms with van der Waals surface area (Å²) in [6.07, 6.45) is 6.31. The third-order valence-electron chi connectivity index (χ3n) is 6.66. The first kappa shape index (κ1) is 20.8. The van der Waals surface area contributed by atoms with Crippen molar-refractivity contribution >= 4 is 38.8 Å². The highest BCUT2D eigenvalue weighted by Gasteiger charge is 2.54. The second-order valence-electron chi connectivity index (χ2n) is 9.28. The summed E-state index contributed by atoms with van der Waals surface area (Å²) >= 11 is 5.98. The van der Waals surface area contributed by atoms with Gasteiger partial charge in [-0.2, -0.15) is 0 Å². The molecular formula is C21H27ClN2O4S. The quantitative estimate of drug-likeness (QED) is 0.734. The molecule has 1 aliphatic heterocycles. The topological polar surface area (TPSA) is 89.3 Å². The molecule has 0 radical (unpaired) electrons. The molecule has 1 unspecified atom stereocenters. The average molecular weight is 439 g/mol. The van der Waals surface area contributed by atoms with E-state index in [0.29, 0.717) is 22.8 Å². The molecule has 1 aromatic heterocycles. The maximum Gasteiger partial charge on any atom is 0.198 e. The first-order valence-corrected chi connectivity index (χ1v) is 12.2. The van der Waals surface area contributed by atoms with Crippen molar-refractivity contribution in [3.05, 3.63) is 29.1 Å². The van der Waals surface area contributed by atoms with E-state index in [-0.39, 0.29) is 11.5 Å². The van der Waals surface area contributed by atoms with E-state index >= 15 is 0 Å². The maximum absolute atomic E-state index is 10.8. The van der Waals surface area contributed by atoms with Gasteiger partial charge in [0.1, 0.15) is 11.8 Å². The van der Waals surface area contributed by atoms with Crippen molar-refractivity contribution in [2.45, 2.75) is 51.0 Å². The third-order valence-corrected chi connectivity index (χ3v) is 8.82. The zero-order valence-corrected chi connectivity index (χ0v) is 18.4. The Hall–Kier alpha value is -1.44. The van der Waals surface area contributed by atoms with Crippen molar-refractivity contribution in [3.8, 4) is 0 Å². The Labute approximate surface area is 176 Å². The van der Waals surface area contributed by atoms with Gasteiger partial charge in [0.25, 0.3) is 0 Å². The number of oxazole rings is 1. The molecular weight excluding hydrogens is 412 g/mol. The Bertz CT molecular complexity index is 1020. The molecule has 2 saturated carbocycles. The third kappa shape index (κ3) is 4.23. The number of carbonyl (C=O) groups is 1. The molecule has 1 atom stereocenters. The number of nitrogens with one attached hydrogen (secondary N) is 1. The highest BCUT2D eigenvalue weighted by atomic mass is 35.5. The van der Waals surface area contributed by atoms with Crippen LogP contribution in [0, 0.1) is 10.8 Å². The lowest BCUT2D eigenvalue weighted by atomic mass is 9.50. The lowest BCUT2D eigenvalue weighted by Crippen LogP contribution is -2.53. The number of rotatable bonds is 3. The second kappa shape index (κ2) is 7.36. The standard InChI is InChI=1S/C15H17ClN2O.C6H10O3S/c1-17-11-7-15(8-11)5-9(6-15)14-18-12-4-10(16)2-3-13(12)19-14;1-6(4-7)2-3-10(8,9)5-6/h2-4,9,11,17H,5-8H2,1H3;4H,2-3,5H2,1H3. The number of carbonyl (C=O) groups excluding carboxylic acids is 1. The van der Waals surface area contributed by atoms with Crippen molar-refractivity contribution in [1.82, 2.24) is 10.3 Å². The fourth-order valence-corrected chi connectivity index (χ4v) is 7.21. The number of benzene rings is 1. The van der Waals surface area contributed by atoms with Gasteiger partial charge >= 0.3 is 0 Å². The van der Waals surface area contributed by atoms with E-state index in [2.05, 4.69) is 17.3 Å². The number of aromatic nitrogens is 1. The fourth-order valence-electron chi connectivity index (χ4n) is 4.90. The van der Waals surface area contributed by atoms with Gasteiger partial charge in [-0.15, -0.1) is 0 Å². The number of aldehydes is 1. The smallest absolute Gasteiger partial charge is 0.198 e. The summed E-state index contributed by atoms with van der Waals surface area (Å²) in [6.45, 7) is 1.69. The maximum atomic E-state index is 10.8. The molecule has 0 amide bonds. The van der Waals surface area contributed by atoms with Gasteiger partial charge in [-0.05, 0) is 62.8 Å². The molecule has 6 nitrogen and oxygen atoms in total. The molecule has 8 heteroatoms. The molecule has 3 aliphatic rings. The summed E-state index contributed by atoms with van der Waals surface area (Å²) < 4.78 is 27.5. The lowest BCUT2D eigenvalue weighted by Gasteiger charge is -2.57. The summed E-state index contributed by atoms with van der Waals surface area (Å²) in [6, 6.07) is 6.36. The number of halogens is 1. The number of fused-ring (bicyclic) bond motifs is 1. The summed E-state index contributed by atoms with van der Waals surface area (Å²) in [5.74, 6) is 1.60. The second-order valence-corrected chi connectivity index (χ2v) is 11.9. The Morgan fingerprint density at radius 3 is 2.55 bits per heavy atom. The molecule has 158 valence electrons. The summed E-state index contributed by atoms with van der Waals surface area (Å²) in [5, 5.41) is 4.07. The number of hydrogen-bond acceptors (Lipinski definition) is 6. The van der Waals surface area contributed by atoms with Crippen LogP contribution in [0.3, 0.4) is 0 Å². The first-order valence-electron chi connectivity index (χ1n) is 10.0. The van der Waals surface area contributed by atoms with E-state index in [9.17, 15) is 13.2 Å². The largest absolute Gasteiger partial charge is 0.440 e. The minimum Gasteiger partial charge on any atom is -0.440 e. The minimum absolute atomic E-state index is 0.0312. The number of nitrogens with zero attached hydrogens (tertiary/aromatic N) is 1. The van der Waals surface area contributed by atoms with Crippen molar-refractivity contribution in [2.24, 2.45) is 10.8 Å². The van der Waals surface area contributed by atoms with Crippen LogP contribution in [0.5, 0.6) is 0 Å². The summed E-state index contributed by atoms with van der Waals surface area (Å²) in [4.78, 5) is 14.9. The molecule has 2 aliphatic carbocycles. The van der Waals surface area contributed by atoms with Gasteiger partial charge < -0.3 is 14.5 Å². The van der Waals surface area contributed by atoms with Crippen LogP contribution in [0.1, 0.15) is 50.8 Å². The van der Waals surface area contributed by atoms with Crippen LogP contribution in [0.2, 0.25) is 5.02 Å². The SMILES string of the molecule is CC1(C=O)CCS(=O)(=O)C1.CNC1CC2(C1)CC(c1nc3cc(Cl)ccc3o1)C2. The van der Waals surface area contributed by atoms with Gasteiger partial charge in [-0.1, -0.05) is 18.5 Å². The van der Waals surface area contributed by atoms with Crippen molar-refractivity contribution < 1.29 is 17.6 Å². The van der Waals surface area contributed by atoms with Crippen LogP contribution < -0.4 is 5.32 Å². The normalized spacial score (nSPS) is 34.9. The molecule has 1 aromatic carbocycles. The van der Waals surface area contributed by atoms with Crippen molar-refractivity contribution in [2.75, 3.05) is 18.6 Å². The van der Waals surface area contributed by atoms with Gasteiger partial charge in [-0.3, -0.25) is 0 Å². The van der Waals surface area contributed by atoms with Gasteiger partial charge in [0.2, 0.25) is 0 Å². The van der Waals surface area contributed by atoms with Gasteiger partial charge in [0, 0.05) is 22.4 Å². The van der Waals surface area contributed by atoms with Crippen LogP contribution >= 0.6 is 11.6 Å². The predicted molar refractivity (Wildman–Crippen MR) is 113 cm³/mol. The van der Waals surface area contributed by atoms with Gasteiger partial charge in [-0.25, -0.2) is 13.4 Å². The van der Waals surface area contributed by atoms with E-state index in [1.807, 2.05) is 18.2 Å². The first-order chi connectivity index (χ1) is 13.6. The molecule has 0 bridgehead atoms.